The van der Waals surface area contributed by atoms with Gasteiger partial charge in [0.1, 0.15) is 0 Å². The van der Waals surface area contributed by atoms with E-state index in [9.17, 15) is 0 Å². The van der Waals surface area contributed by atoms with Gasteiger partial charge in [0.15, 0.2) is 0 Å². The summed E-state index contributed by atoms with van der Waals surface area (Å²) in [6.07, 6.45) is 3.73. The van der Waals surface area contributed by atoms with E-state index in [1.807, 2.05) is 0 Å². The molecule has 0 aromatic carbocycles. The van der Waals surface area contributed by atoms with Crippen LogP contribution in [0.1, 0.15) is 40.0 Å². The Kier molecular flexibility index (Phi) is 2.26. The van der Waals surface area contributed by atoms with E-state index in [4.69, 9.17) is 0 Å². The van der Waals surface area contributed by atoms with Crippen LogP contribution in [0.25, 0.3) is 0 Å². The molecular weight excluding hydrogens is 134 g/mol. The van der Waals surface area contributed by atoms with Crippen molar-refractivity contribution in [1.29, 1.82) is 0 Å². The lowest BCUT2D eigenvalue weighted by Gasteiger charge is -2.38. The Morgan fingerprint density at radius 2 is 2.27 bits per heavy atom. The van der Waals surface area contributed by atoms with Crippen molar-refractivity contribution in [2.24, 2.45) is 5.92 Å². The fourth-order valence-corrected chi connectivity index (χ4v) is 2.01. The minimum atomic E-state index is 0.274. The Bertz CT molecular complexity index is 158. The number of nitrogens with one attached hydrogen (secondary N) is 1. The molecule has 1 fully saturated rings. The highest BCUT2D eigenvalue weighted by Gasteiger charge is 2.27. The first-order valence-corrected chi connectivity index (χ1v) is 4.49. The normalized spacial score (nSPS) is 29.7. The molecule has 1 saturated heterocycles. The molecule has 0 radical (unpaired) electrons. The smallest absolute Gasteiger partial charge is 0.0317 e. The molecule has 1 aliphatic heterocycles. The summed E-state index contributed by atoms with van der Waals surface area (Å²) in [6, 6.07) is 0. The highest BCUT2D eigenvalue weighted by Crippen LogP contribution is 2.29. The van der Waals surface area contributed by atoms with Gasteiger partial charge in [-0.3, -0.25) is 0 Å². The number of allylic oxidation sites excluding steroid dienone is 1. The van der Waals surface area contributed by atoms with Crippen LogP contribution < -0.4 is 5.32 Å². The molecule has 0 bridgehead atoms. The molecule has 1 N–H and O–H groups in total. The van der Waals surface area contributed by atoms with Crippen molar-refractivity contribution in [2.75, 3.05) is 0 Å². The molecule has 0 aliphatic carbocycles. The topological polar surface area (TPSA) is 12.0 Å². The fraction of sp³-hybridized carbons (Fsp3) is 0.800. The van der Waals surface area contributed by atoms with Gasteiger partial charge < -0.3 is 5.32 Å². The highest BCUT2D eigenvalue weighted by atomic mass is 15.0. The maximum absolute atomic E-state index is 4.00. The zero-order chi connectivity index (χ0) is 8.48. The monoisotopic (exact) mass is 153 g/mol. The van der Waals surface area contributed by atoms with Crippen LogP contribution in [0.15, 0.2) is 12.3 Å². The molecule has 0 aromatic rings. The predicted molar refractivity (Wildman–Crippen MR) is 49.4 cm³/mol. The third-order valence-corrected chi connectivity index (χ3v) is 2.43. The Morgan fingerprint density at radius 3 is 2.73 bits per heavy atom. The van der Waals surface area contributed by atoms with E-state index < -0.39 is 0 Å². The van der Waals surface area contributed by atoms with E-state index in [0.717, 1.165) is 5.92 Å². The number of rotatable bonds is 1. The average molecular weight is 153 g/mol. The lowest BCUT2D eigenvalue weighted by molar-refractivity contribution is 0.260. The molecule has 1 heterocycles. The maximum atomic E-state index is 4.00. The van der Waals surface area contributed by atoms with Crippen molar-refractivity contribution < 1.29 is 0 Å². The number of hydrogen-bond acceptors (Lipinski definition) is 1. The van der Waals surface area contributed by atoms with Gasteiger partial charge in [-0.25, -0.2) is 0 Å². The van der Waals surface area contributed by atoms with Gasteiger partial charge in [0.25, 0.3) is 0 Å². The van der Waals surface area contributed by atoms with Crippen LogP contribution in [-0.4, -0.2) is 5.54 Å². The first kappa shape index (κ1) is 8.63. The van der Waals surface area contributed by atoms with Crippen LogP contribution in [0.3, 0.4) is 0 Å². The summed E-state index contributed by atoms with van der Waals surface area (Å²) in [7, 11) is 0. The molecule has 1 unspecified atom stereocenters. The Hall–Kier alpha value is -0.460. The standard InChI is InChI=1S/C10H19N/c1-5-9-6-8(2)11-10(3,4)7-9/h9,11H,2,5-7H2,1,3-4H3. The van der Waals surface area contributed by atoms with Crippen molar-refractivity contribution in [1.82, 2.24) is 5.32 Å². The summed E-state index contributed by atoms with van der Waals surface area (Å²) < 4.78 is 0. The summed E-state index contributed by atoms with van der Waals surface area (Å²) in [5.74, 6) is 0.846. The maximum Gasteiger partial charge on any atom is 0.0317 e. The molecule has 0 amide bonds. The van der Waals surface area contributed by atoms with E-state index in [-0.39, 0.29) is 5.54 Å². The van der Waals surface area contributed by atoms with Crippen LogP contribution in [-0.2, 0) is 0 Å². The number of hydrogen-bond donors (Lipinski definition) is 1. The second-order valence-electron chi connectivity index (χ2n) is 4.29. The Balaban J connectivity index is 2.58. The van der Waals surface area contributed by atoms with Crippen LogP contribution in [0.4, 0.5) is 0 Å². The fourth-order valence-electron chi connectivity index (χ4n) is 2.01. The van der Waals surface area contributed by atoms with Crippen LogP contribution in [0.2, 0.25) is 0 Å². The highest BCUT2D eigenvalue weighted by molar-refractivity contribution is 5.04. The minimum absolute atomic E-state index is 0.274. The predicted octanol–water partition coefficient (Wildman–Crippen LogP) is 2.69. The molecule has 0 spiro atoms. The first-order chi connectivity index (χ1) is 5.03. The Labute approximate surface area is 69.9 Å². The van der Waals surface area contributed by atoms with Gasteiger partial charge >= 0.3 is 0 Å². The molecule has 11 heavy (non-hydrogen) atoms. The van der Waals surface area contributed by atoms with Gasteiger partial charge in [0, 0.05) is 11.2 Å². The van der Waals surface area contributed by atoms with Gasteiger partial charge in [-0.2, -0.15) is 0 Å². The second kappa shape index (κ2) is 2.88. The van der Waals surface area contributed by atoms with Crippen LogP contribution in [0.5, 0.6) is 0 Å². The zero-order valence-corrected chi connectivity index (χ0v) is 7.91. The van der Waals surface area contributed by atoms with E-state index in [0.29, 0.717) is 0 Å². The zero-order valence-electron chi connectivity index (χ0n) is 7.91. The van der Waals surface area contributed by atoms with Crippen molar-refractivity contribution >= 4 is 0 Å². The van der Waals surface area contributed by atoms with E-state index in [1.54, 1.807) is 0 Å². The van der Waals surface area contributed by atoms with Crippen molar-refractivity contribution in [3.8, 4) is 0 Å². The summed E-state index contributed by atoms with van der Waals surface area (Å²) >= 11 is 0. The molecule has 1 aliphatic rings. The van der Waals surface area contributed by atoms with Gasteiger partial charge in [-0.05, 0) is 32.6 Å². The number of piperidine rings is 1. The van der Waals surface area contributed by atoms with Gasteiger partial charge in [-0.1, -0.05) is 19.9 Å². The van der Waals surface area contributed by atoms with E-state index >= 15 is 0 Å². The molecule has 1 heteroatoms. The van der Waals surface area contributed by atoms with Crippen molar-refractivity contribution in [3.05, 3.63) is 12.3 Å². The van der Waals surface area contributed by atoms with Crippen LogP contribution in [0, 0.1) is 5.92 Å². The van der Waals surface area contributed by atoms with E-state index in [1.165, 1.54) is 25.0 Å². The molecular formula is C10H19N. The molecule has 1 rings (SSSR count). The molecule has 0 aromatic heterocycles. The average Bonchev–Trinajstić information content (AvgIpc) is 1.83. The second-order valence-corrected chi connectivity index (χ2v) is 4.29. The third kappa shape index (κ3) is 2.25. The quantitative estimate of drug-likeness (QED) is 0.610. The minimum Gasteiger partial charge on any atom is -0.384 e. The molecule has 0 saturated carbocycles. The Morgan fingerprint density at radius 1 is 1.64 bits per heavy atom. The first-order valence-electron chi connectivity index (χ1n) is 4.49. The van der Waals surface area contributed by atoms with Crippen molar-refractivity contribution in [3.63, 3.8) is 0 Å². The summed E-state index contributed by atoms with van der Waals surface area (Å²) in [6.45, 7) is 10.8. The summed E-state index contributed by atoms with van der Waals surface area (Å²) in [4.78, 5) is 0. The van der Waals surface area contributed by atoms with Gasteiger partial charge in [0.05, 0.1) is 0 Å². The molecule has 64 valence electrons. The summed E-state index contributed by atoms with van der Waals surface area (Å²) in [5, 5.41) is 3.43. The third-order valence-electron chi connectivity index (χ3n) is 2.43. The SMILES string of the molecule is C=C1CC(CC)CC(C)(C)N1. The lowest BCUT2D eigenvalue weighted by Crippen LogP contribution is -2.44. The van der Waals surface area contributed by atoms with Gasteiger partial charge in [-0.15, -0.1) is 0 Å². The van der Waals surface area contributed by atoms with Crippen molar-refractivity contribution in [2.45, 2.75) is 45.6 Å². The van der Waals surface area contributed by atoms with Gasteiger partial charge in [0.2, 0.25) is 0 Å². The molecule has 1 nitrogen and oxygen atoms in total. The summed E-state index contributed by atoms with van der Waals surface area (Å²) in [5.41, 5.74) is 1.49. The molecule has 1 atom stereocenters. The lowest BCUT2D eigenvalue weighted by atomic mass is 9.82. The van der Waals surface area contributed by atoms with Crippen LogP contribution >= 0.6 is 0 Å². The van der Waals surface area contributed by atoms with E-state index in [2.05, 4.69) is 32.7 Å². The largest absolute Gasteiger partial charge is 0.384 e.